The Morgan fingerprint density at radius 1 is 1.30 bits per heavy atom. The van der Waals surface area contributed by atoms with E-state index >= 15 is 0 Å². The molecule has 0 fully saturated rings. The zero-order chi connectivity index (χ0) is 14.9. The number of fused-ring (bicyclic) bond motifs is 1. The predicted octanol–water partition coefficient (Wildman–Crippen LogP) is 3.03. The number of para-hydroxylation sites is 1. The van der Waals surface area contributed by atoms with Crippen LogP contribution in [0.2, 0.25) is 0 Å². The number of carbonyl (C=O) groups is 1. The van der Waals surface area contributed by atoms with Crippen LogP contribution in [-0.4, -0.2) is 20.6 Å². The average molecular weight is 276 g/mol. The van der Waals surface area contributed by atoms with Crippen molar-refractivity contribution in [3.63, 3.8) is 0 Å². The summed E-state index contributed by atoms with van der Waals surface area (Å²) < 4.78 is 1.66. The fraction of sp³-hybridized carbons (Fsp3) is 0.467. The van der Waals surface area contributed by atoms with Gasteiger partial charge in [0.2, 0.25) is 0 Å². The second-order valence-electron chi connectivity index (χ2n) is 5.63. The van der Waals surface area contributed by atoms with E-state index < -0.39 is 5.97 Å². The van der Waals surface area contributed by atoms with Gasteiger partial charge in [-0.3, -0.25) is 4.57 Å². The predicted molar refractivity (Wildman–Crippen MR) is 78.3 cm³/mol. The molecule has 5 nitrogen and oxygen atoms in total. The quantitative estimate of drug-likeness (QED) is 0.881. The second-order valence-corrected chi connectivity index (χ2v) is 5.63. The maximum Gasteiger partial charge on any atom is 0.337 e. The number of carboxylic acid groups (broad SMARTS) is 1. The van der Waals surface area contributed by atoms with Crippen LogP contribution in [0, 0.1) is 5.92 Å². The van der Waals surface area contributed by atoms with Crippen molar-refractivity contribution in [3.05, 3.63) is 34.2 Å². The lowest BCUT2D eigenvalue weighted by Crippen LogP contribution is -2.20. The van der Waals surface area contributed by atoms with Gasteiger partial charge in [0.05, 0.1) is 16.6 Å². The van der Waals surface area contributed by atoms with E-state index in [1.807, 2.05) is 6.92 Å². The molecule has 1 atom stereocenters. The summed E-state index contributed by atoms with van der Waals surface area (Å²) in [4.78, 5) is 26.0. The third kappa shape index (κ3) is 2.61. The summed E-state index contributed by atoms with van der Waals surface area (Å²) in [5.41, 5.74) is 0.951. The molecule has 1 aromatic heterocycles. The average Bonchev–Trinajstić information content (AvgIpc) is 2.71. The molecule has 1 aromatic carbocycles. The van der Waals surface area contributed by atoms with Crippen LogP contribution in [0.1, 0.15) is 50.0 Å². The van der Waals surface area contributed by atoms with Crippen LogP contribution in [0.15, 0.2) is 23.0 Å². The molecule has 5 heteroatoms. The minimum Gasteiger partial charge on any atom is -0.478 e. The van der Waals surface area contributed by atoms with Gasteiger partial charge in [-0.25, -0.2) is 9.59 Å². The SMILES string of the molecule is CC(C)CCC(C)n1c(=O)[nH]c2c(C(=O)O)cccc21. The molecule has 0 aliphatic heterocycles. The molecule has 1 unspecified atom stereocenters. The van der Waals surface area contributed by atoms with Gasteiger partial charge >= 0.3 is 11.7 Å². The van der Waals surface area contributed by atoms with Gasteiger partial charge in [-0.1, -0.05) is 19.9 Å². The van der Waals surface area contributed by atoms with Crippen molar-refractivity contribution in [3.8, 4) is 0 Å². The van der Waals surface area contributed by atoms with Crippen molar-refractivity contribution in [2.75, 3.05) is 0 Å². The number of aromatic amines is 1. The maximum absolute atomic E-state index is 12.1. The number of aromatic nitrogens is 2. The van der Waals surface area contributed by atoms with Gasteiger partial charge in [0.25, 0.3) is 0 Å². The van der Waals surface area contributed by atoms with Crippen LogP contribution < -0.4 is 5.69 Å². The molecule has 20 heavy (non-hydrogen) atoms. The number of carboxylic acids is 1. The van der Waals surface area contributed by atoms with Crippen molar-refractivity contribution in [2.24, 2.45) is 5.92 Å². The minimum atomic E-state index is -1.03. The molecule has 0 bridgehead atoms. The third-order valence-electron chi connectivity index (χ3n) is 3.59. The van der Waals surface area contributed by atoms with Crippen LogP contribution in [0.5, 0.6) is 0 Å². The van der Waals surface area contributed by atoms with Crippen LogP contribution in [0.25, 0.3) is 11.0 Å². The van der Waals surface area contributed by atoms with Crippen LogP contribution in [-0.2, 0) is 0 Å². The molecule has 1 heterocycles. The van der Waals surface area contributed by atoms with Crippen molar-refractivity contribution < 1.29 is 9.90 Å². The van der Waals surface area contributed by atoms with E-state index in [4.69, 9.17) is 5.11 Å². The molecule has 0 saturated heterocycles. The van der Waals surface area contributed by atoms with Crippen molar-refractivity contribution in [1.82, 2.24) is 9.55 Å². The highest BCUT2D eigenvalue weighted by Crippen LogP contribution is 2.22. The molecule has 108 valence electrons. The monoisotopic (exact) mass is 276 g/mol. The van der Waals surface area contributed by atoms with Crippen molar-refractivity contribution >= 4 is 17.0 Å². The summed E-state index contributed by atoms with van der Waals surface area (Å²) in [7, 11) is 0. The fourth-order valence-corrected chi connectivity index (χ4v) is 2.47. The van der Waals surface area contributed by atoms with E-state index in [9.17, 15) is 9.59 Å². The maximum atomic E-state index is 12.1. The van der Waals surface area contributed by atoms with E-state index in [2.05, 4.69) is 18.8 Å². The van der Waals surface area contributed by atoms with Gasteiger partial charge < -0.3 is 10.1 Å². The molecule has 0 saturated carbocycles. The summed E-state index contributed by atoms with van der Waals surface area (Å²) in [6.45, 7) is 6.28. The first-order valence-corrected chi connectivity index (χ1v) is 6.88. The number of benzene rings is 1. The Morgan fingerprint density at radius 3 is 2.60 bits per heavy atom. The Kier molecular flexibility index (Phi) is 3.97. The number of nitrogens with one attached hydrogen (secondary N) is 1. The van der Waals surface area contributed by atoms with Crippen LogP contribution >= 0.6 is 0 Å². The summed E-state index contributed by atoms with van der Waals surface area (Å²) in [6.07, 6.45) is 1.92. The first-order valence-electron chi connectivity index (χ1n) is 6.88. The normalized spacial score (nSPS) is 13.0. The highest BCUT2D eigenvalue weighted by atomic mass is 16.4. The molecule has 2 N–H and O–H groups in total. The second kappa shape index (κ2) is 5.53. The number of imidazole rings is 1. The minimum absolute atomic E-state index is 0.0442. The number of H-pyrrole nitrogens is 1. The molecule has 2 aromatic rings. The van der Waals surface area contributed by atoms with Crippen LogP contribution in [0.4, 0.5) is 0 Å². The third-order valence-corrected chi connectivity index (χ3v) is 3.59. The van der Waals surface area contributed by atoms with E-state index in [0.717, 1.165) is 12.8 Å². The van der Waals surface area contributed by atoms with Gasteiger partial charge in [-0.2, -0.15) is 0 Å². The van der Waals surface area contributed by atoms with Crippen molar-refractivity contribution in [2.45, 2.75) is 39.7 Å². The Bertz CT molecular complexity index is 682. The number of hydrogen-bond donors (Lipinski definition) is 2. The summed E-state index contributed by atoms with van der Waals surface area (Å²) in [5, 5.41) is 9.17. The number of rotatable bonds is 5. The molecule has 2 rings (SSSR count). The number of hydrogen-bond acceptors (Lipinski definition) is 2. The molecular weight excluding hydrogens is 256 g/mol. The van der Waals surface area contributed by atoms with Crippen molar-refractivity contribution in [1.29, 1.82) is 0 Å². The Hall–Kier alpha value is -2.04. The van der Waals surface area contributed by atoms with E-state index in [1.165, 1.54) is 6.07 Å². The van der Waals surface area contributed by atoms with Gasteiger partial charge in [0.15, 0.2) is 0 Å². The Balaban J connectivity index is 2.49. The number of aromatic carboxylic acids is 1. The van der Waals surface area contributed by atoms with E-state index in [0.29, 0.717) is 17.0 Å². The summed E-state index contributed by atoms with van der Waals surface area (Å²) >= 11 is 0. The lowest BCUT2D eigenvalue weighted by Gasteiger charge is -2.14. The van der Waals surface area contributed by atoms with Gasteiger partial charge in [0, 0.05) is 6.04 Å². The summed E-state index contributed by atoms with van der Waals surface area (Å²) in [5.74, 6) is -0.452. The molecular formula is C15H20N2O3. The highest BCUT2D eigenvalue weighted by Gasteiger charge is 2.17. The van der Waals surface area contributed by atoms with E-state index in [1.54, 1.807) is 16.7 Å². The lowest BCUT2D eigenvalue weighted by molar-refractivity contribution is 0.0699. The smallest absolute Gasteiger partial charge is 0.337 e. The van der Waals surface area contributed by atoms with Gasteiger partial charge in [-0.05, 0) is 37.8 Å². The molecule has 0 amide bonds. The molecule has 0 aliphatic carbocycles. The molecule has 0 spiro atoms. The lowest BCUT2D eigenvalue weighted by atomic mass is 10.0. The Morgan fingerprint density at radius 2 is 2.00 bits per heavy atom. The first-order chi connectivity index (χ1) is 9.41. The van der Waals surface area contributed by atoms with E-state index in [-0.39, 0.29) is 17.3 Å². The van der Waals surface area contributed by atoms with Gasteiger partial charge in [0.1, 0.15) is 0 Å². The topological polar surface area (TPSA) is 75.1 Å². The standard InChI is InChI=1S/C15H20N2O3/c1-9(2)7-8-10(3)17-12-6-4-5-11(14(18)19)13(12)16-15(17)20/h4-6,9-10H,7-8H2,1-3H3,(H,16,20)(H,18,19). The summed E-state index contributed by atoms with van der Waals surface area (Å²) in [6, 6.07) is 5.00. The zero-order valence-electron chi connectivity index (χ0n) is 12.0. The highest BCUT2D eigenvalue weighted by molar-refractivity contribution is 6.00. The molecule has 0 radical (unpaired) electrons. The largest absolute Gasteiger partial charge is 0.478 e. The zero-order valence-corrected chi connectivity index (χ0v) is 12.0. The van der Waals surface area contributed by atoms with Gasteiger partial charge in [-0.15, -0.1) is 0 Å². The fourth-order valence-electron chi connectivity index (χ4n) is 2.47. The first kappa shape index (κ1) is 14.4. The molecule has 0 aliphatic rings. The Labute approximate surface area is 117 Å². The number of nitrogens with zero attached hydrogens (tertiary/aromatic N) is 1. The van der Waals surface area contributed by atoms with Crippen LogP contribution in [0.3, 0.4) is 0 Å².